The van der Waals surface area contributed by atoms with Gasteiger partial charge in [-0.1, -0.05) is 6.07 Å². The van der Waals surface area contributed by atoms with Crippen LogP contribution < -0.4 is 5.32 Å². The van der Waals surface area contributed by atoms with Crippen molar-refractivity contribution in [3.8, 4) is 0 Å². The van der Waals surface area contributed by atoms with Gasteiger partial charge in [-0.05, 0) is 31.4 Å². The highest BCUT2D eigenvalue weighted by atomic mass is 16.5. The Morgan fingerprint density at radius 2 is 2.10 bits per heavy atom. The number of nitrogens with one attached hydrogen (secondary N) is 1. The lowest BCUT2D eigenvalue weighted by molar-refractivity contribution is -0.142. The van der Waals surface area contributed by atoms with Gasteiger partial charge in [0.2, 0.25) is 0 Å². The number of hydrogen-bond donors (Lipinski definition) is 1. The van der Waals surface area contributed by atoms with Crippen LogP contribution in [-0.4, -0.2) is 83.5 Å². The van der Waals surface area contributed by atoms with Crippen LogP contribution in [-0.2, 0) is 16.0 Å². The fourth-order valence-corrected chi connectivity index (χ4v) is 4.07. The van der Waals surface area contributed by atoms with E-state index in [1.807, 2.05) is 17.2 Å². The van der Waals surface area contributed by atoms with Crippen LogP contribution in [0.1, 0.15) is 24.1 Å². The largest absolute Gasteiger partial charge is 0.368 e. The predicted octanol–water partition coefficient (Wildman–Crippen LogP) is 1.08. The number of pyridine rings is 1. The number of guanidine groups is 1. The van der Waals surface area contributed by atoms with E-state index in [1.54, 1.807) is 7.05 Å². The molecule has 2 aromatic heterocycles. The van der Waals surface area contributed by atoms with Gasteiger partial charge in [-0.3, -0.25) is 9.79 Å². The van der Waals surface area contributed by atoms with Crippen LogP contribution in [0.3, 0.4) is 0 Å². The molecule has 2 aliphatic heterocycles. The summed E-state index contributed by atoms with van der Waals surface area (Å²) < 4.78 is 7.61. The fourth-order valence-electron chi connectivity index (χ4n) is 4.07. The Bertz CT molecular complexity index is 878. The molecule has 8 nitrogen and oxygen atoms in total. The molecule has 1 N–H and O–H groups in total. The topological polar surface area (TPSA) is 74.5 Å². The Hall–Kier alpha value is -2.61. The molecule has 1 amide bonds. The number of amides is 1. The second-order valence-electron chi connectivity index (χ2n) is 7.69. The predicted molar refractivity (Wildman–Crippen MR) is 112 cm³/mol. The third-order valence-electron chi connectivity index (χ3n) is 5.70. The molecular formula is C21H30N6O2. The van der Waals surface area contributed by atoms with Crippen molar-refractivity contribution < 1.29 is 9.53 Å². The number of carbonyl (C=O) groups is 1. The number of aliphatic imine (C=N–C) groups is 1. The second kappa shape index (κ2) is 8.82. The van der Waals surface area contributed by atoms with Crippen LogP contribution >= 0.6 is 0 Å². The van der Waals surface area contributed by atoms with E-state index in [1.165, 1.54) is 5.56 Å². The normalized spacial score (nSPS) is 20.5. The molecule has 0 aromatic carbocycles. The van der Waals surface area contributed by atoms with Crippen molar-refractivity contribution in [1.29, 1.82) is 0 Å². The smallest absolute Gasteiger partial charge is 0.251 e. The zero-order valence-corrected chi connectivity index (χ0v) is 17.3. The summed E-state index contributed by atoms with van der Waals surface area (Å²) in [6, 6.07) is 4.12. The van der Waals surface area contributed by atoms with Gasteiger partial charge in [-0.25, -0.2) is 4.98 Å². The lowest BCUT2D eigenvalue weighted by Crippen LogP contribution is -2.55. The molecule has 0 bridgehead atoms. The summed E-state index contributed by atoms with van der Waals surface area (Å²) in [5.41, 5.74) is 3.26. The van der Waals surface area contributed by atoms with Gasteiger partial charge in [-0.15, -0.1) is 0 Å². The zero-order valence-electron chi connectivity index (χ0n) is 17.3. The molecule has 0 spiro atoms. The minimum Gasteiger partial charge on any atom is -0.368 e. The number of ether oxygens (including phenoxy) is 1. The van der Waals surface area contributed by atoms with Gasteiger partial charge in [0.05, 0.1) is 5.69 Å². The van der Waals surface area contributed by atoms with E-state index in [4.69, 9.17) is 9.72 Å². The molecule has 1 atom stereocenters. The number of rotatable bonds is 4. The molecule has 2 saturated heterocycles. The first-order valence-electron chi connectivity index (χ1n) is 10.4. The number of imidazole rings is 1. The summed E-state index contributed by atoms with van der Waals surface area (Å²) in [6.45, 7) is 6.55. The number of aryl methyl sites for hydroxylation is 1. The minimum absolute atomic E-state index is 0.146. The number of nitrogens with zero attached hydrogens (tertiary/aromatic N) is 5. The van der Waals surface area contributed by atoms with E-state index in [9.17, 15) is 4.79 Å². The Balaban J connectivity index is 1.26. The average molecular weight is 399 g/mol. The van der Waals surface area contributed by atoms with Crippen molar-refractivity contribution in [2.75, 3.05) is 46.4 Å². The molecular weight excluding hydrogens is 368 g/mol. The monoisotopic (exact) mass is 398 g/mol. The fraction of sp³-hybridized carbons (Fsp3) is 0.571. The SMILES string of the molecule is CN=C(NCCc1cn2cccc(C)c2n1)N1CCN(C(=O)C2CCCO2)CC1. The Labute approximate surface area is 171 Å². The molecule has 8 heteroatoms. The van der Waals surface area contributed by atoms with Gasteiger partial charge in [0.1, 0.15) is 11.8 Å². The van der Waals surface area contributed by atoms with E-state index >= 15 is 0 Å². The maximum Gasteiger partial charge on any atom is 0.251 e. The highest BCUT2D eigenvalue weighted by Crippen LogP contribution is 2.16. The van der Waals surface area contributed by atoms with Gasteiger partial charge in [-0.2, -0.15) is 0 Å². The maximum absolute atomic E-state index is 12.5. The molecule has 4 heterocycles. The van der Waals surface area contributed by atoms with Gasteiger partial charge in [0.15, 0.2) is 5.96 Å². The van der Waals surface area contributed by atoms with Crippen molar-refractivity contribution in [3.63, 3.8) is 0 Å². The summed E-state index contributed by atoms with van der Waals surface area (Å²) in [5, 5.41) is 3.44. The average Bonchev–Trinajstić information content (AvgIpc) is 3.41. The third-order valence-corrected chi connectivity index (χ3v) is 5.70. The first-order valence-corrected chi connectivity index (χ1v) is 10.4. The van der Waals surface area contributed by atoms with E-state index < -0.39 is 0 Å². The third kappa shape index (κ3) is 4.37. The van der Waals surface area contributed by atoms with E-state index in [0.29, 0.717) is 19.7 Å². The highest BCUT2D eigenvalue weighted by molar-refractivity contribution is 5.82. The number of fused-ring (bicyclic) bond motifs is 1. The Morgan fingerprint density at radius 3 is 2.79 bits per heavy atom. The van der Waals surface area contributed by atoms with Crippen LogP contribution in [0.25, 0.3) is 5.65 Å². The van der Waals surface area contributed by atoms with Gasteiger partial charge < -0.3 is 24.3 Å². The van der Waals surface area contributed by atoms with E-state index in [0.717, 1.165) is 56.2 Å². The molecule has 2 aromatic rings. The van der Waals surface area contributed by atoms with Crippen LogP contribution in [0.5, 0.6) is 0 Å². The molecule has 29 heavy (non-hydrogen) atoms. The van der Waals surface area contributed by atoms with Crippen molar-refractivity contribution >= 4 is 17.5 Å². The summed E-state index contributed by atoms with van der Waals surface area (Å²) in [6.07, 6.45) is 6.56. The van der Waals surface area contributed by atoms with Gasteiger partial charge in [0, 0.05) is 65.2 Å². The maximum atomic E-state index is 12.5. The second-order valence-corrected chi connectivity index (χ2v) is 7.69. The van der Waals surface area contributed by atoms with Crippen molar-refractivity contribution in [2.45, 2.75) is 32.3 Å². The highest BCUT2D eigenvalue weighted by Gasteiger charge is 2.30. The lowest BCUT2D eigenvalue weighted by Gasteiger charge is -2.37. The molecule has 1 unspecified atom stereocenters. The molecule has 2 aliphatic rings. The number of aromatic nitrogens is 2. The number of hydrogen-bond acceptors (Lipinski definition) is 4. The molecule has 0 aliphatic carbocycles. The molecule has 156 valence electrons. The summed E-state index contributed by atoms with van der Waals surface area (Å²) in [5.74, 6) is 1.03. The zero-order chi connectivity index (χ0) is 20.2. The molecule has 0 radical (unpaired) electrons. The Morgan fingerprint density at radius 1 is 1.31 bits per heavy atom. The number of carbonyl (C=O) groups excluding carboxylic acids is 1. The van der Waals surface area contributed by atoms with Gasteiger partial charge >= 0.3 is 0 Å². The quantitative estimate of drug-likeness (QED) is 0.616. The number of piperazine rings is 1. The lowest BCUT2D eigenvalue weighted by atomic mass is 10.2. The molecule has 2 fully saturated rings. The first-order chi connectivity index (χ1) is 14.2. The van der Waals surface area contributed by atoms with Crippen LogP contribution in [0.2, 0.25) is 0 Å². The van der Waals surface area contributed by atoms with Crippen molar-refractivity contribution in [3.05, 3.63) is 35.8 Å². The Kier molecular flexibility index (Phi) is 5.99. The van der Waals surface area contributed by atoms with Crippen molar-refractivity contribution in [2.24, 2.45) is 4.99 Å². The van der Waals surface area contributed by atoms with Crippen LogP contribution in [0.15, 0.2) is 29.5 Å². The summed E-state index contributed by atoms with van der Waals surface area (Å²) in [4.78, 5) is 25.8. The standard InChI is InChI=1S/C21H30N6O2/c1-16-5-3-9-27-15-17(24-19(16)27)7-8-23-21(22-2)26-12-10-25(11-13-26)20(28)18-6-4-14-29-18/h3,5,9,15,18H,4,6-8,10-14H2,1-2H3,(H,22,23). The van der Waals surface area contributed by atoms with Crippen molar-refractivity contribution in [1.82, 2.24) is 24.5 Å². The molecule has 4 rings (SSSR count). The first kappa shape index (κ1) is 19.7. The van der Waals surface area contributed by atoms with Gasteiger partial charge in [0.25, 0.3) is 5.91 Å². The van der Waals surface area contributed by atoms with Crippen LogP contribution in [0.4, 0.5) is 0 Å². The van der Waals surface area contributed by atoms with Crippen LogP contribution in [0, 0.1) is 6.92 Å². The minimum atomic E-state index is -0.229. The molecule has 0 saturated carbocycles. The summed E-state index contributed by atoms with van der Waals surface area (Å²) in [7, 11) is 1.81. The summed E-state index contributed by atoms with van der Waals surface area (Å²) >= 11 is 0. The van der Waals surface area contributed by atoms with E-state index in [2.05, 4.69) is 38.8 Å². The van der Waals surface area contributed by atoms with E-state index in [-0.39, 0.29) is 12.0 Å².